The highest BCUT2D eigenvalue weighted by molar-refractivity contribution is 8.14. The van der Waals surface area contributed by atoms with Crippen molar-refractivity contribution in [2.45, 2.75) is 32.6 Å². The fraction of sp³-hybridized carbons (Fsp3) is 0.240. The van der Waals surface area contributed by atoms with E-state index in [1.807, 2.05) is 18.5 Å². The molecule has 2 aromatic carbocycles. The van der Waals surface area contributed by atoms with Crippen molar-refractivity contribution in [3.8, 4) is 0 Å². The molecule has 1 aliphatic heterocycles. The number of rotatable bonds is 8. The Morgan fingerprint density at radius 2 is 1.89 bits per heavy atom. The zero-order valence-electron chi connectivity index (χ0n) is 16.6. The van der Waals surface area contributed by atoms with E-state index < -0.39 is 0 Å². The lowest BCUT2D eigenvalue weighted by molar-refractivity contribution is 0.961. The number of benzene rings is 2. The van der Waals surface area contributed by atoms with E-state index in [0.29, 0.717) is 0 Å². The first-order chi connectivity index (χ1) is 13.7. The normalized spacial score (nSPS) is 13.5. The molecule has 2 nitrogen and oxygen atoms in total. The van der Waals surface area contributed by atoms with Gasteiger partial charge < -0.3 is 4.90 Å². The van der Waals surface area contributed by atoms with Crippen molar-refractivity contribution in [2.24, 2.45) is 4.99 Å². The van der Waals surface area contributed by atoms with Crippen molar-refractivity contribution in [1.82, 2.24) is 0 Å². The summed E-state index contributed by atoms with van der Waals surface area (Å²) in [5, 5.41) is 0.993. The van der Waals surface area contributed by atoms with Gasteiger partial charge in [-0.05, 0) is 54.5 Å². The third-order valence-corrected chi connectivity index (χ3v) is 5.91. The molecule has 0 saturated heterocycles. The average Bonchev–Trinajstić information content (AvgIpc) is 2.74. The van der Waals surface area contributed by atoms with Crippen LogP contribution in [0.1, 0.15) is 30.0 Å². The summed E-state index contributed by atoms with van der Waals surface area (Å²) in [5.41, 5.74) is 6.25. The predicted octanol–water partition coefficient (Wildman–Crippen LogP) is 6.55. The zero-order valence-corrected chi connectivity index (χ0v) is 17.4. The van der Waals surface area contributed by atoms with E-state index in [-0.39, 0.29) is 0 Å². The minimum Gasteiger partial charge on any atom is -0.314 e. The molecule has 3 rings (SSSR count). The second-order valence-electron chi connectivity index (χ2n) is 6.77. The number of nitrogens with zero attached hydrogens (tertiary/aromatic N) is 2. The van der Waals surface area contributed by atoms with Gasteiger partial charge in [0.15, 0.2) is 0 Å². The highest BCUT2D eigenvalue weighted by Gasteiger charge is 2.17. The fourth-order valence-corrected chi connectivity index (χ4v) is 4.23. The topological polar surface area (TPSA) is 15.6 Å². The lowest BCUT2D eigenvalue weighted by Crippen LogP contribution is -2.22. The molecule has 1 aliphatic rings. The lowest BCUT2D eigenvalue weighted by Gasteiger charge is -2.27. The first-order valence-electron chi connectivity index (χ1n) is 9.85. The number of allylic oxidation sites excluding steroid dienone is 1. The SMILES string of the molecule is C=CCCc1ccc(N2C=CN=C(SCCc3ccccc3)C2=C)cc1CC. The summed E-state index contributed by atoms with van der Waals surface area (Å²) in [7, 11) is 0. The van der Waals surface area contributed by atoms with E-state index in [2.05, 4.69) is 78.5 Å². The Kier molecular flexibility index (Phi) is 7.32. The summed E-state index contributed by atoms with van der Waals surface area (Å²) in [6.07, 6.45) is 9.97. The van der Waals surface area contributed by atoms with Gasteiger partial charge in [-0.15, -0.1) is 18.3 Å². The zero-order chi connectivity index (χ0) is 19.8. The molecule has 2 aromatic rings. The first kappa shape index (κ1) is 20.2. The largest absolute Gasteiger partial charge is 0.314 e. The Bertz CT molecular complexity index is 881. The molecule has 0 aromatic heterocycles. The Hall–Kier alpha value is -2.52. The van der Waals surface area contributed by atoms with Gasteiger partial charge in [0.2, 0.25) is 0 Å². The molecule has 144 valence electrons. The smallest absolute Gasteiger partial charge is 0.119 e. The second kappa shape index (κ2) is 10.1. The Morgan fingerprint density at radius 3 is 2.64 bits per heavy atom. The summed E-state index contributed by atoms with van der Waals surface area (Å²) >= 11 is 1.77. The van der Waals surface area contributed by atoms with Crippen molar-refractivity contribution >= 4 is 22.5 Å². The van der Waals surface area contributed by atoms with E-state index >= 15 is 0 Å². The Morgan fingerprint density at radius 1 is 1.07 bits per heavy atom. The molecule has 0 saturated carbocycles. The van der Waals surface area contributed by atoms with Crippen LogP contribution in [-0.2, 0) is 19.3 Å². The molecule has 0 aliphatic carbocycles. The van der Waals surface area contributed by atoms with Gasteiger partial charge >= 0.3 is 0 Å². The number of thioether (sulfide) groups is 1. The summed E-state index contributed by atoms with van der Waals surface area (Å²) in [4.78, 5) is 6.71. The quantitative estimate of drug-likeness (QED) is 0.477. The summed E-state index contributed by atoms with van der Waals surface area (Å²) in [5.74, 6) is 0.990. The molecule has 0 N–H and O–H groups in total. The van der Waals surface area contributed by atoms with Crippen LogP contribution < -0.4 is 4.90 Å². The van der Waals surface area contributed by atoms with Crippen LogP contribution in [-0.4, -0.2) is 10.8 Å². The fourth-order valence-electron chi connectivity index (χ4n) is 3.30. The van der Waals surface area contributed by atoms with Gasteiger partial charge in [0.25, 0.3) is 0 Å². The average molecular weight is 389 g/mol. The molecule has 0 fully saturated rings. The molecule has 0 spiro atoms. The Balaban J connectivity index is 1.67. The minimum absolute atomic E-state index is 0.946. The van der Waals surface area contributed by atoms with Crippen molar-refractivity contribution < 1.29 is 0 Å². The summed E-state index contributed by atoms with van der Waals surface area (Å²) in [6, 6.07) is 17.3. The van der Waals surface area contributed by atoms with Gasteiger partial charge in [0, 0.05) is 23.8 Å². The maximum atomic E-state index is 4.56. The van der Waals surface area contributed by atoms with Gasteiger partial charge in [0.05, 0.1) is 5.70 Å². The maximum absolute atomic E-state index is 4.56. The number of aryl methyl sites for hydroxylation is 3. The molecular formula is C25H28N2S. The van der Waals surface area contributed by atoms with Gasteiger partial charge in [-0.25, -0.2) is 4.99 Å². The van der Waals surface area contributed by atoms with E-state index in [1.54, 1.807) is 11.8 Å². The molecule has 0 radical (unpaired) electrons. The number of anilines is 1. The number of aliphatic imine (C=N–C) groups is 1. The Labute approximate surface area is 173 Å². The number of hydrogen-bond donors (Lipinski definition) is 0. The molecule has 28 heavy (non-hydrogen) atoms. The van der Waals surface area contributed by atoms with Crippen molar-refractivity contribution in [3.63, 3.8) is 0 Å². The predicted molar refractivity (Wildman–Crippen MR) is 125 cm³/mol. The van der Waals surface area contributed by atoms with E-state index in [1.165, 1.54) is 16.7 Å². The van der Waals surface area contributed by atoms with Crippen LogP contribution >= 0.6 is 11.8 Å². The van der Waals surface area contributed by atoms with E-state index in [4.69, 9.17) is 0 Å². The monoisotopic (exact) mass is 388 g/mol. The molecule has 0 amide bonds. The highest BCUT2D eigenvalue weighted by Crippen LogP contribution is 2.29. The third-order valence-electron chi connectivity index (χ3n) is 4.88. The lowest BCUT2D eigenvalue weighted by atomic mass is 9.99. The van der Waals surface area contributed by atoms with Gasteiger partial charge in [0.1, 0.15) is 5.04 Å². The van der Waals surface area contributed by atoms with Gasteiger partial charge in [-0.3, -0.25) is 0 Å². The van der Waals surface area contributed by atoms with Gasteiger partial charge in [-0.1, -0.05) is 56.0 Å². The first-order valence-corrected chi connectivity index (χ1v) is 10.8. The standard InChI is InChI=1S/C25H28N2S/c1-4-6-12-23-13-14-24(19-22(23)5-2)27-17-16-26-25(20(27)3)28-18-15-21-10-8-7-9-11-21/h4,7-11,13-14,16-17,19H,1,3,5-6,12,15,18H2,2H3. The second-order valence-corrected chi connectivity index (χ2v) is 7.85. The van der Waals surface area contributed by atoms with Crippen LogP contribution in [0.3, 0.4) is 0 Å². The van der Waals surface area contributed by atoms with Crippen molar-refractivity contribution in [2.75, 3.05) is 10.7 Å². The third kappa shape index (κ3) is 5.05. The summed E-state index contributed by atoms with van der Waals surface area (Å²) in [6.45, 7) is 10.4. The molecule has 0 bridgehead atoms. The minimum atomic E-state index is 0.946. The van der Waals surface area contributed by atoms with Crippen LogP contribution in [0.15, 0.2) is 90.9 Å². The van der Waals surface area contributed by atoms with Crippen LogP contribution in [0.5, 0.6) is 0 Å². The van der Waals surface area contributed by atoms with Crippen molar-refractivity contribution in [3.05, 3.63) is 103 Å². The maximum Gasteiger partial charge on any atom is 0.119 e. The van der Waals surface area contributed by atoms with Gasteiger partial charge in [-0.2, -0.15) is 0 Å². The molecular weight excluding hydrogens is 360 g/mol. The van der Waals surface area contributed by atoms with E-state index in [9.17, 15) is 0 Å². The molecule has 1 heterocycles. The summed E-state index contributed by atoms with van der Waals surface area (Å²) < 4.78 is 0. The van der Waals surface area contributed by atoms with Crippen LogP contribution in [0, 0.1) is 0 Å². The van der Waals surface area contributed by atoms with Crippen molar-refractivity contribution in [1.29, 1.82) is 0 Å². The van der Waals surface area contributed by atoms with Crippen LogP contribution in [0.4, 0.5) is 5.69 Å². The van der Waals surface area contributed by atoms with E-state index in [0.717, 1.165) is 47.9 Å². The number of hydrogen-bond acceptors (Lipinski definition) is 3. The van der Waals surface area contributed by atoms with Crippen LogP contribution in [0.2, 0.25) is 0 Å². The molecule has 3 heteroatoms. The van der Waals surface area contributed by atoms with Crippen LogP contribution in [0.25, 0.3) is 0 Å². The molecule has 0 atom stereocenters. The highest BCUT2D eigenvalue weighted by atomic mass is 32.2. The molecule has 0 unspecified atom stereocenters.